The van der Waals surface area contributed by atoms with Crippen molar-refractivity contribution in [3.8, 4) is 11.5 Å². The lowest BCUT2D eigenvalue weighted by Gasteiger charge is -2.11. The van der Waals surface area contributed by atoms with Crippen molar-refractivity contribution in [1.29, 1.82) is 0 Å². The van der Waals surface area contributed by atoms with Gasteiger partial charge in [0, 0.05) is 24.4 Å². The summed E-state index contributed by atoms with van der Waals surface area (Å²) in [7, 11) is 0. The molecule has 0 fully saturated rings. The number of hydrogen-bond acceptors (Lipinski definition) is 3. The number of nitrogens with one attached hydrogen (secondary N) is 1. The van der Waals surface area contributed by atoms with E-state index in [4.69, 9.17) is 4.74 Å². The largest absolute Gasteiger partial charge is 0.455 e. The molecule has 1 aromatic carbocycles. The SMILES string of the molecule is CCCNCc1ccncc1Oc1ccc(F)c(F)c1. The van der Waals surface area contributed by atoms with Crippen LogP contribution in [0, 0.1) is 11.6 Å². The topological polar surface area (TPSA) is 34.2 Å². The van der Waals surface area contributed by atoms with Crippen molar-refractivity contribution in [2.75, 3.05) is 6.54 Å². The molecule has 1 heterocycles. The molecule has 0 aliphatic carbocycles. The van der Waals surface area contributed by atoms with Gasteiger partial charge in [0.15, 0.2) is 11.6 Å². The van der Waals surface area contributed by atoms with Gasteiger partial charge in [0.1, 0.15) is 11.5 Å². The maximum absolute atomic E-state index is 13.1. The van der Waals surface area contributed by atoms with Crippen LogP contribution < -0.4 is 10.1 Å². The van der Waals surface area contributed by atoms with Crippen LogP contribution in [0.2, 0.25) is 0 Å². The lowest BCUT2D eigenvalue weighted by molar-refractivity contribution is 0.453. The van der Waals surface area contributed by atoms with E-state index in [2.05, 4.69) is 17.2 Å². The summed E-state index contributed by atoms with van der Waals surface area (Å²) in [5, 5.41) is 3.26. The number of pyridine rings is 1. The van der Waals surface area contributed by atoms with E-state index in [0.29, 0.717) is 12.3 Å². The quantitative estimate of drug-likeness (QED) is 0.819. The summed E-state index contributed by atoms with van der Waals surface area (Å²) in [5.74, 6) is -1.05. The Morgan fingerprint density at radius 1 is 1.20 bits per heavy atom. The van der Waals surface area contributed by atoms with Gasteiger partial charge in [0.25, 0.3) is 0 Å². The Morgan fingerprint density at radius 2 is 2.05 bits per heavy atom. The molecule has 0 saturated carbocycles. The van der Waals surface area contributed by atoms with Crippen LogP contribution >= 0.6 is 0 Å². The number of benzene rings is 1. The van der Waals surface area contributed by atoms with Gasteiger partial charge in [0.05, 0.1) is 6.20 Å². The van der Waals surface area contributed by atoms with Crippen LogP contribution in [0.25, 0.3) is 0 Å². The Kier molecular flexibility index (Phi) is 5.01. The second-order valence-electron chi connectivity index (χ2n) is 4.34. The molecule has 0 bridgehead atoms. The molecule has 1 aromatic heterocycles. The first-order valence-corrected chi connectivity index (χ1v) is 6.47. The zero-order valence-electron chi connectivity index (χ0n) is 11.2. The van der Waals surface area contributed by atoms with Crippen molar-refractivity contribution in [2.45, 2.75) is 19.9 Å². The van der Waals surface area contributed by atoms with Gasteiger partial charge >= 0.3 is 0 Å². The highest BCUT2D eigenvalue weighted by Gasteiger charge is 2.07. The minimum Gasteiger partial charge on any atom is -0.455 e. The molecule has 0 radical (unpaired) electrons. The predicted octanol–water partition coefficient (Wildman–Crippen LogP) is 3.65. The monoisotopic (exact) mass is 278 g/mol. The van der Waals surface area contributed by atoms with E-state index in [1.165, 1.54) is 6.07 Å². The normalized spacial score (nSPS) is 10.6. The molecule has 0 atom stereocenters. The Morgan fingerprint density at radius 3 is 2.80 bits per heavy atom. The van der Waals surface area contributed by atoms with E-state index in [9.17, 15) is 8.78 Å². The van der Waals surface area contributed by atoms with E-state index >= 15 is 0 Å². The number of rotatable bonds is 6. The van der Waals surface area contributed by atoms with E-state index in [-0.39, 0.29) is 5.75 Å². The van der Waals surface area contributed by atoms with E-state index in [1.54, 1.807) is 12.4 Å². The summed E-state index contributed by atoms with van der Waals surface area (Å²) in [6, 6.07) is 5.27. The van der Waals surface area contributed by atoms with Crippen molar-refractivity contribution in [3.63, 3.8) is 0 Å². The van der Waals surface area contributed by atoms with Crippen LogP contribution in [0.4, 0.5) is 8.78 Å². The smallest absolute Gasteiger partial charge is 0.162 e. The van der Waals surface area contributed by atoms with Gasteiger partial charge in [-0.05, 0) is 31.2 Å². The number of hydrogen-bond donors (Lipinski definition) is 1. The fourth-order valence-corrected chi connectivity index (χ4v) is 1.71. The first kappa shape index (κ1) is 14.4. The predicted molar refractivity (Wildman–Crippen MR) is 72.7 cm³/mol. The summed E-state index contributed by atoms with van der Waals surface area (Å²) in [5.41, 5.74) is 0.915. The molecule has 0 spiro atoms. The van der Waals surface area contributed by atoms with Crippen LogP contribution in [0.1, 0.15) is 18.9 Å². The van der Waals surface area contributed by atoms with Gasteiger partial charge in [-0.15, -0.1) is 0 Å². The van der Waals surface area contributed by atoms with Crippen molar-refractivity contribution in [3.05, 3.63) is 53.9 Å². The second kappa shape index (κ2) is 6.96. The summed E-state index contributed by atoms with van der Waals surface area (Å²) >= 11 is 0. The van der Waals surface area contributed by atoms with E-state index in [1.807, 2.05) is 6.07 Å². The van der Waals surface area contributed by atoms with Crippen LogP contribution in [0.15, 0.2) is 36.7 Å². The van der Waals surface area contributed by atoms with Gasteiger partial charge in [-0.25, -0.2) is 8.78 Å². The lowest BCUT2D eigenvalue weighted by Crippen LogP contribution is -2.14. The second-order valence-corrected chi connectivity index (χ2v) is 4.34. The molecule has 2 rings (SSSR count). The third-order valence-electron chi connectivity index (χ3n) is 2.73. The van der Waals surface area contributed by atoms with Gasteiger partial charge in [-0.1, -0.05) is 6.92 Å². The van der Waals surface area contributed by atoms with Crippen molar-refractivity contribution < 1.29 is 13.5 Å². The molecule has 5 heteroatoms. The van der Waals surface area contributed by atoms with Crippen molar-refractivity contribution in [1.82, 2.24) is 10.3 Å². The van der Waals surface area contributed by atoms with Gasteiger partial charge in [0.2, 0.25) is 0 Å². The fraction of sp³-hybridized carbons (Fsp3) is 0.267. The molecule has 20 heavy (non-hydrogen) atoms. The Hall–Kier alpha value is -2.01. The Bertz CT molecular complexity index is 576. The van der Waals surface area contributed by atoms with Crippen LogP contribution in [0.5, 0.6) is 11.5 Å². The Labute approximate surface area is 116 Å². The highest BCUT2D eigenvalue weighted by atomic mass is 19.2. The Balaban J connectivity index is 2.13. The van der Waals surface area contributed by atoms with Gasteiger partial charge in [-0.2, -0.15) is 0 Å². The zero-order valence-corrected chi connectivity index (χ0v) is 11.2. The number of nitrogens with zero attached hydrogens (tertiary/aromatic N) is 1. The molecular weight excluding hydrogens is 262 g/mol. The summed E-state index contributed by atoms with van der Waals surface area (Å²) < 4.78 is 31.6. The maximum Gasteiger partial charge on any atom is 0.162 e. The fourth-order valence-electron chi connectivity index (χ4n) is 1.71. The highest BCUT2D eigenvalue weighted by Crippen LogP contribution is 2.25. The molecule has 0 unspecified atom stereocenters. The van der Waals surface area contributed by atoms with E-state index in [0.717, 1.165) is 30.7 Å². The third-order valence-corrected chi connectivity index (χ3v) is 2.73. The molecule has 2 aromatic rings. The molecule has 0 aliphatic rings. The highest BCUT2D eigenvalue weighted by molar-refractivity contribution is 5.35. The molecule has 1 N–H and O–H groups in total. The first-order chi connectivity index (χ1) is 9.70. The van der Waals surface area contributed by atoms with Crippen LogP contribution in [0.3, 0.4) is 0 Å². The number of aromatic nitrogens is 1. The van der Waals surface area contributed by atoms with Crippen molar-refractivity contribution in [2.24, 2.45) is 0 Å². The molecule has 3 nitrogen and oxygen atoms in total. The molecule has 0 amide bonds. The first-order valence-electron chi connectivity index (χ1n) is 6.47. The molecule has 0 aliphatic heterocycles. The molecular formula is C15H16F2N2O. The standard InChI is InChI=1S/C15H16F2N2O/c1-2-6-18-9-11-5-7-19-10-15(11)20-12-3-4-13(16)14(17)8-12/h3-5,7-8,10,18H,2,6,9H2,1H3. The number of halogens is 2. The average Bonchev–Trinajstić information content (AvgIpc) is 2.45. The molecule has 106 valence electrons. The molecule has 0 saturated heterocycles. The van der Waals surface area contributed by atoms with Gasteiger partial charge in [-0.3, -0.25) is 4.98 Å². The number of ether oxygens (including phenoxy) is 1. The lowest BCUT2D eigenvalue weighted by atomic mass is 10.2. The summed E-state index contributed by atoms with van der Waals surface area (Å²) in [6.07, 6.45) is 4.26. The van der Waals surface area contributed by atoms with E-state index < -0.39 is 11.6 Å². The zero-order chi connectivity index (χ0) is 14.4. The van der Waals surface area contributed by atoms with Crippen LogP contribution in [-0.4, -0.2) is 11.5 Å². The maximum atomic E-state index is 13.1. The average molecular weight is 278 g/mol. The minimum atomic E-state index is -0.933. The van der Waals surface area contributed by atoms with Gasteiger partial charge < -0.3 is 10.1 Å². The minimum absolute atomic E-state index is 0.244. The summed E-state index contributed by atoms with van der Waals surface area (Å²) in [6.45, 7) is 3.61. The summed E-state index contributed by atoms with van der Waals surface area (Å²) in [4.78, 5) is 3.99. The third kappa shape index (κ3) is 3.74. The van der Waals surface area contributed by atoms with Crippen LogP contribution in [-0.2, 0) is 6.54 Å². The van der Waals surface area contributed by atoms with Crippen molar-refractivity contribution >= 4 is 0 Å².